The second-order valence-electron chi connectivity index (χ2n) is 0.576. The van der Waals surface area contributed by atoms with Gasteiger partial charge in [0.05, 0.1) is 0 Å². The van der Waals surface area contributed by atoms with Gasteiger partial charge in [0.15, 0.2) is 0 Å². The standard InChI is InChI=1S/B2FIO2/c3-6-2(4)1-5. The van der Waals surface area contributed by atoms with Crippen LogP contribution in [0.3, 0.4) is 0 Å². The van der Waals surface area contributed by atoms with E-state index < -0.39 is 4.66 Å². The summed E-state index contributed by atoms with van der Waals surface area (Å²) in [6.07, 6.45) is 0. The van der Waals surface area contributed by atoms with Gasteiger partial charge in [-0.15, -0.1) is 0 Å². The second kappa shape index (κ2) is 3.73. The van der Waals surface area contributed by atoms with Gasteiger partial charge in [0.25, 0.3) is 0 Å². The molecule has 0 rings (SSSR count). The molecule has 0 aliphatic rings. The summed E-state index contributed by atoms with van der Waals surface area (Å²) < 4.78 is 19.1. The Kier molecular flexibility index (Phi) is 4.07. The van der Waals surface area contributed by atoms with Crippen LogP contribution in [0, 0.1) is 0 Å². The van der Waals surface area contributed by atoms with Crippen molar-refractivity contribution in [1.82, 2.24) is 0 Å². The molecule has 0 aromatic rings. The first-order chi connectivity index (χ1) is 2.81. The molecule has 6 heavy (non-hydrogen) atoms. The average Bonchev–Trinajstić information content (AvgIpc) is 1.65. The average molecular weight is 200 g/mol. The summed E-state index contributed by atoms with van der Waals surface area (Å²) in [4.78, 5) is 3.02. The number of halogens is 2. The zero-order chi connectivity index (χ0) is 4.99. The number of rotatable bonds is 2. The normalized spacial score (nSPS) is 7.00. The summed E-state index contributed by atoms with van der Waals surface area (Å²) in [6, 6.07) is 0. The van der Waals surface area contributed by atoms with Gasteiger partial charge in [-0.25, -0.2) is 0 Å². The van der Waals surface area contributed by atoms with Gasteiger partial charge in [-0.3, -0.25) is 0 Å². The van der Waals surface area contributed by atoms with Gasteiger partial charge in [0, 0.05) is 0 Å². The first kappa shape index (κ1) is 6.55. The quantitative estimate of drug-likeness (QED) is 0.474. The molecule has 0 amide bonds. The maximum atomic E-state index is 10.6. The van der Waals surface area contributed by atoms with E-state index in [4.69, 9.17) is 0 Å². The van der Waals surface area contributed by atoms with Crippen LogP contribution in [-0.2, 0) is 9.56 Å². The molecule has 0 aromatic heterocycles. The first-order valence-corrected chi connectivity index (χ1v) is 2.42. The van der Waals surface area contributed by atoms with Crippen molar-refractivity contribution in [1.29, 1.82) is 0 Å². The minimum absolute atomic E-state index is 0.362. The van der Waals surface area contributed by atoms with E-state index in [9.17, 15) is 9.23 Å². The van der Waals surface area contributed by atoms with Gasteiger partial charge in [-0.1, -0.05) is 0 Å². The van der Waals surface area contributed by atoms with Gasteiger partial charge in [-0.05, 0) is 0 Å². The zero-order valence-corrected chi connectivity index (χ0v) is 4.88. The molecule has 0 bridgehead atoms. The molecule has 0 saturated carbocycles. The van der Waals surface area contributed by atoms with E-state index in [-0.39, 0.29) is 0 Å². The topological polar surface area (TPSA) is 26.3 Å². The SMILES string of the molecule is O=BB(I)OF. The van der Waals surface area contributed by atoms with Gasteiger partial charge >= 0.3 is 48.2 Å². The fourth-order valence-electron chi connectivity index (χ4n) is 0.0210. The summed E-state index contributed by atoms with van der Waals surface area (Å²) in [7, 11) is 0.362. The van der Waals surface area contributed by atoms with Crippen molar-refractivity contribution in [3.05, 3.63) is 0 Å². The van der Waals surface area contributed by atoms with E-state index in [1.807, 2.05) is 0 Å². The molecule has 0 fully saturated rings. The molecule has 6 heteroatoms. The fraction of sp³-hybridized carbons (Fsp3) is 0. The van der Waals surface area contributed by atoms with Crippen LogP contribution in [-0.4, -0.2) is 11.7 Å². The third kappa shape index (κ3) is 2.77. The molecule has 0 N–H and O–H groups in total. The van der Waals surface area contributed by atoms with Crippen molar-refractivity contribution < 1.29 is 14.1 Å². The minimum atomic E-state index is -0.942. The van der Waals surface area contributed by atoms with Crippen LogP contribution in [0.15, 0.2) is 0 Å². The first-order valence-electron chi connectivity index (χ1n) is 1.18. The van der Waals surface area contributed by atoms with Gasteiger partial charge in [0.2, 0.25) is 0 Å². The Morgan fingerprint density at radius 2 is 2.50 bits per heavy atom. The van der Waals surface area contributed by atoms with Crippen molar-refractivity contribution in [2.24, 2.45) is 0 Å². The van der Waals surface area contributed by atoms with E-state index >= 15 is 0 Å². The van der Waals surface area contributed by atoms with Crippen LogP contribution in [0.5, 0.6) is 0 Å². The Morgan fingerprint density at radius 1 is 2.00 bits per heavy atom. The van der Waals surface area contributed by atoms with Gasteiger partial charge in [-0.2, -0.15) is 0 Å². The molecule has 0 atom stereocenters. The van der Waals surface area contributed by atoms with Crippen LogP contribution >= 0.6 is 22.4 Å². The Hall–Kier alpha value is 0.550. The molecule has 0 aliphatic carbocycles. The maximum absolute atomic E-state index is 10.6. The van der Waals surface area contributed by atoms with Gasteiger partial charge < -0.3 is 0 Å². The molecule has 0 aliphatic heterocycles. The number of hydrogen-bond donors (Lipinski definition) is 0. The van der Waals surface area contributed by atoms with Crippen molar-refractivity contribution >= 4 is 34.1 Å². The molecule has 0 spiro atoms. The Morgan fingerprint density at radius 3 is 2.50 bits per heavy atom. The fourth-order valence-corrected chi connectivity index (χ4v) is 0.0210. The van der Waals surface area contributed by atoms with Crippen LogP contribution in [0.25, 0.3) is 0 Å². The predicted octanol–water partition coefficient (Wildman–Crippen LogP) is 0.357. The summed E-state index contributed by atoms with van der Waals surface area (Å²) in [5.41, 5.74) is 0. The summed E-state index contributed by atoms with van der Waals surface area (Å²) in [6.45, 7) is 0. The summed E-state index contributed by atoms with van der Waals surface area (Å²) in [5.74, 6) is 0. The zero-order valence-electron chi connectivity index (χ0n) is 2.73. The Labute approximate surface area is 48.6 Å². The van der Waals surface area contributed by atoms with Crippen LogP contribution in [0.4, 0.5) is 4.53 Å². The van der Waals surface area contributed by atoms with E-state index in [2.05, 4.69) is 4.86 Å². The number of hydrogen-bond acceptors (Lipinski definition) is 2. The van der Waals surface area contributed by atoms with E-state index in [1.54, 1.807) is 0 Å². The molecular weight excluding hydrogens is 200 g/mol. The molecule has 2 nitrogen and oxygen atoms in total. The molecule has 0 heterocycles. The van der Waals surface area contributed by atoms with Crippen molar-refractivity contribution in [2.75, 3.05) is 0 Å². The predicted molar refractivity (Wildman–Crippen MR) is 28.4 cm³/mol. The Balaban J connectivity index is 2.96. The van der Waals surface area contributed by atoms with E-state index in [0.717, 1.165) is 0 Å². The molecule has 0 aromatic carbocycles. The third-order valence-electron chi connectivity index (χ3n) is 0.192. The van der Waals surface area contributed by atoms with Crippen molar-refractivity contribution in [3.8, 4) is 0 Å². The third-order valence-corrected chi connectivity index (χ3v) is 0.678. The van der Waals surface area contributed by atoms with Crippen molar-refractivity contribution in [2.45, 2.75) is 0 Å². The van der Waals surface area contributed by atoms with Crippen LogP contribution < -0.4 is 0 Å². The summed E-state index contributed by atoms with van der Waals surface area (Å²) in [5, 5.41) is 0. The van der Waals surface area contributed by atoms with Gasteiger partial charge in [0.1, 0.15) is 0 Å². The van der Waals surface area contributed by atoms with Crippen molar-refractivity contribution in [3.63, 3.8) is 0 Å². The molecule has 32 valence electrons. The van der Waals surface area contributed by atoms with Crippen LogP contribution in [0.2, 0.25) is 0 Å². The van der Waals surface area contributed by atoms with E-state index in [1.165, 1.54) is 22.4 Å². The Bertz CT molecular complexity index is 48.8. The second-order valence-corrected chi connectivity index (χ2v) is 1.80. The molecule has 0 unspecified atom stereocenters. The van der Waals surface area contributed by atoms with Crippen LogP contribution in [0.1, 0.15) is 0 Å². The molecule has 0 radical (unpaired) electrons. The monoisotopic (exact) mass is 200 g/mol. The molecule has 0 saturated heterocycles. The summed E-state index contributed by atoms with van der Waals surface area (Å²) >= 11 is 1.50. The molecular formula is B2FIO2. The van der Waals surface area contributed by atoms with E-state index in [0.29, 0.717) is 7.04 Å².